The SMILES string of the molecule is CN(Cc1cccnc1)Cc1cccc2c1CCCN2. The molecular weight excluding hydrogens is 246 g/mol. The second kappa shape index (κ2) is 6.06. The zero-order valence-electron chi connectivity index (χ0n) is 12.0. The first-order valence-corrected chi connectivity index (χ1v) is 7.25. The van der Waals surface area contributed by atoms with E-state index < -0.39 is 0 Å². The Hall–Kier alpha value is -1.87. The van der Waals surface area contributed by atoms with Gasteiger partial charge in [0.1, 0.15) is 0 Å². The molecule has 1 aliphatic heterocycles. The van der Waals surface area contributed by atoms with Crippen molar-refractivity contribution in [3.8, 4) is 0 Å². The van der Waals surface area contributed by atoms with E-state index in [1.54, 1.807) is 0 Å². The number of pyridine rings is 1. The van der Waals surface area contributed by atoms with Gasteiger partial charge >= 0.3 is 0 Å². The predicted octanol–water partition coefficient (Wildman–Crippen LogP) is 3.07. The molecule has 3 nitrogen and oxygen atoms in total. The Labute approximate surface area is 120 Å². The Bertz CT molecular complexity index is 566. The quantitative estimate of drug-likeness (QED) is 0.922. The summed E-state index contributed by atoms with van der Waals surface area (Å²) in [4.78, 5) is 6.53. The monoisotopic (exact) mass is 267 g/mol. The molecule has 1 N–H and O–H groups in total. The summed E-state index contributed by atoms with van der Waals surface area (Å²) in [6, 6.07) is 10.7. The van der Waals surface area contributed by atoms with E-state index in [0.29, 0.717) is 0 Å². The highest BCUT2D eigenvalue weighted by Crippen LogP contribution is 2.26. The van der Waals surface area contributed by atoms with Gasteiger partial charge in [-0.25, -0.2) is 0 Å². The molecule has 0 bridgehead atoms. The number of anilines is 1. The third-order valence-electron chi connectivity index (χ3n) is 3.81. The number of aromatic nitrogens is 1. The second-order valence-corrected chi connectivity index (χ2v) is 5.51. The minimum atomic E-state index is 0.935. The van der Waals surface area contributed by atoms with Crippen molar-refractivity contribution in [1.29, 1.82) is 0 Å². The highest BCUT2D eigenvalue weighted by atomic mass is 15.1. The molecule has 0 saturated carbocycles. The van der Waals surface area contributed by atoms with Crippen molar-refractivity contribution < 1.29 is 0 Å². The fourth-order valence-electron chi connectivity index (χ4n) is 2.88. The summed E-state index contributed by atoms with van der Waals surface area (Å²) < 4.78 is 0. The van der Waals surface area contributed by atoms with Crippen molar-refractivity contribution in [3.63, 3.8) is 0 Å². The Morgan fingerprint density at radius 1 is 1.20 bits per heavy atom. The number of benzene rings is 1. The van der Waals surface area contributed by atoms with Crippen LogP contribution in [0.1, 0.15) is 23.1 Å². The number of fused-ring (bicyclic) bond motifs is 1. The number of nitrogens with one attached hydrogen (secondary N) is 1. The number of nitrogens with zero attached hydrogens (tertiary/aromatic N) is 2. The molecule has 20 heavy (non-hydrogen) atoms. The Morgan fingerprint density at radius 2 is 2.15 bits per heavy atom. The molecule has 0 aliphatic carbocycles. The van der Waals surface area contributed by atoms with Crippen molar-refractivity contribution in [2.24, 2.45) is 0 Å². The number of rotatable bonds is 4. The Balaban J connectivity index is 1.71. The van der Waals surface area contributed by atoms with E-state index in [9.17, 15) is 0 Å². The molecule has 1 aliphatic rings. The standard InChI is InChI=1S/C17H21N3/c1-20(12-14-5-3-9-18-11-14)13-15-6-2-8-17-16(15)7-4-10-19-17/h2-3,5-6,8-9,11,19H,4,7,10,12-13H2,1H3. The lowest BCUT2D eigenvalue weighted by Gasteiger charge is -2.24. The highest BCUT2D eigenvalue weighted by molar-refractivity contribution is 5.56. The maximum atomic E-state index is 4.18. The predicted molar refractivity (Wildman–Crippen MR) is 82.7 cm³/mol. The van der Waals surface area contributed by atoms with Crippen LogP contribution in [-0.4, -0.2) is 23.5 Å². The lowest BCUT2D eigenvalue weighted by atomic mass is 9.97. The van der Waals surface area contributed by atoms with Crippen molar-refractivity contribution in [2.75, 3.05) is 18.9 Å². The molecule has 0 unspecified atom stereocenters. The van der Waals surface area contributed by atoms with Crippen LogP contribution in [0.2, 0.25) is 0 Å². The van der Waals surface area contributed by atoms with E-state index in [2.05, 4.69) is 46.5 Å². The third-order valence-corrected chi connectivity index (χ3v) is 3.81. The van der Waals surface area contributed by atoms with E-state index in [4.69, 9.17) is 0 Å². The highest BCUT2D eigenvalue weighted by Gasteiger charge is 2.13. The van der Waals surface area contributed by atoms with Crippen LogP contribution in [0.4, 0.5) is 5.69 Å². The molecule has 0 radical (unpaired) electrons. The van der Waals surface area contributed by atoms with Gasteiger partial charge in [0.15, 0.2) is 0 Å². The molecule has 1 aromatic heterocycles. The maximum absolute atomic E-state index is 4.18. The molecule has 2 heterocycles. The third kappa shape index (κ3) is 2.99. The lowest BCUT2D eigenvalue weighted by molar-refractivity contribution is 0.317. The van der Waals surface area contributed by atoms with E-state index in [1.165, 1.54) is 35.2 Å². The zero-order chi connectivity index (χ0) is 13.8. The van der Waals surface area contributed by atoms with Gasteiger partial charge in [0.2, 0.25) is 0 Å². The van der Waals surface area contributed by atoms with E-state index >= 15 is 0 Å². The first-order valence-electron chi connectivity index (χ1n) is 7.25. The molecule has 1 aromatic carbocycles. The summed E-state index contributed by atoms with van der Waals surface area (Å²) in [5.74, 6) is 0. The van der Waals surface area contributed by atoms with Gasteiger partial charge in [0.25, 0.3) is 0 Å². The van der Waals surface area contributed by atoms with Crippen LogP contribution in [0.15, 0.2) is 42.7 Å². The summed E-state index contributed by atoms with van der Waals surface area (Å²) in [5, 5.41) is 3.50. The summed E-state index contributed by atoms with van der Waals surface area (Å²) in [6.45, 7) is 3.02. The summed E-state index contributed by atoms with van der Waals surface area (Å²) in [7, 11) is 2.17. The van der Waals surface area contributed by atoms with E-state index in [-0.39, 0.29) is 0 Å². The summed E-state index contributed by atoms with van der Waals surface area (Å²) in [6.07, 6.45) is 6.19. The molecule has 2 aromatic rings. The number of hydrogen-bond donors (Lipinski definition) is 1. The van der Waals surface area contributed by atoms with Crippen LogP contribution in [0.5, 0.6) is 0 Å². The second-order valence-electron chi connectivity index (χ2n) is 5.51. The molecule has 104 valence electrons. The van der Waals surface area contributed by atoms with Gasteiger partial charge in [-0.15, -0.1) is 0 Å². The van der Waals surface area contributed by atoms with Crippen LogP contribution in [0.3, 0.4) is 0 Å². The average molecular weight is 267 g/mol. The zero-order valence-corrected chi connectivity index (χ0v) is 12.0. The minimum absolute atomic E-state index is 0.935. The van der Waals surface area contributed by atoms with Gasteiger partial charge in [0, 0.05) is 37.7 Å². The smallest absolute Gasteiger partial charge is 0.0375 e. The molecule has 0 amide bonds. The Morgan fingerprint density at radius 3 is 3.00 bits per heavy atom. The van der Waals surface area contributed by atoms with Crippen molar-refractivity contribution in [3.05, 3.63) is 59.4 Å². The number of hydrogen-bond acceptors (Lipinski definition) is 3. The maximum Gasteiger partial charge on any atom is 0.0375 e. The molecule has 3 heteroatoms. The topological polar surface area (TPSA) is 28.2 Å². The van der Waals surface area contributed by atoms with E-state index in [0.717, 1.165) is 19.6 Å². The first kappa shape index (κ1) is 13.1. The van der Waals surface area contributed by atoms with Crippen LogP contribution in [0.25, 0.3) is 0 Å². The summed E-state index contributed by atoms with van der Waals surface area (Å²) >= 11 is 0. The van der Waals surface area contributed by atoms with Gasteiger partial charge < -0.3 is 5.32 Å². The lowest BCUT2D eigenvalue weighted by Crippen LogP contribution is -2.20. The van der Waals surface area contributed by atoms with Gasteiger partial charge in [-0.3, -0.25) is 9.88 Å². The van der Waals surface area contributed by atoms with Crippen LogP contribution in [-0.2, 0) is 19.5 Å². The minimum Gasteiger partial charge on any atom is -0.385 e. The first-order chi connectivity index (χ1) is 9.83. The van der Waals surface area contributed by atoms with Gasteiger partial charge in [0.05, 0.1) is 0 Å². The van der Waals surface area contributed by atoms with Crippen molar-refractivity contribution in [2.45, 2.75) is 25.9 Å². The van der Waals surface area contributed by atoms with Crippen LogP contribution < -0.4 is 5.32 Å². The van der Waals surface area contributed by atoms with Crippen molar-refractivity contribution in [1.82, 2.24) is 9.88 Å². The van der Waals surface area contributed by atoms with Crippen LogP contribution >= 0.6 is 0 Å². The fourth-order valence-corrected chi connectivity index (χ4v) is 2.88. The van der Waals surface area contributed by atoms with Gasteiger partial charge in [-0.1, -0.05) is 18.2 Å². The molecule has 0 spiro atoms. The Kier molecular flexibility index (Phi) is 3.97. The molecule has 0 fully saturated rings. The van der Waals surface area contributed by atoms with Gasteiger partial charge in [-0.05, 0) is 48.7 Å². The van der Waals surface area contributed by atoms with Crippen molar-refractivity contribution >= 4 is 5.69 Å². The largest absolute Gasteiger partial charge is 0.385 e. The molecule has 3 rings (SSSR count). The van der Waals surface area contributed by atoms with Crippen LogP contribution in [0, 0.1) is 0 Å². The normalized spacial score (nSPS) is 13.9. The van der Waals surface area contributed by atoms with E-state index in [1.807, 2.05) is 18.5 Å². The summed E-state index contributed by atoms with van der Waals surface area (Å²) in [5.41, 5.74) is 5.53. The molecule has 0 atom stereocenters. The molecular formula is C17H21N3. The fraction of sp³-hybridized carbons (Fsp3) is 0.353. The average Bonchev–Trinajstić information content (AvgIpc) is 2.48. The van der Waals surface area contributed by atoms with Gasteiger partial charge in [-0.2, -0.15) is 0 Å². The molecule has 0 saturated heterocycles.